The Morgan fingerprint density at radius 1 is 1.32 bits per heavy atom. The van der Waals surface area contributed by atoms with E-state index >= 15 is 0 Å². The van der Waals surface area contributed by atoms with E-state index in [4.69, 9.17) is 0 Å². The lowest BCUT2D eigenvalue weighted by Crippen LogP contribution is -2.05. The number of amidine groups is 1. The Bertz CT molecular complexity index is 497. The molecule has 1 amide bonds. The van der Waals surface area contributed by atoms with Gasteiger partial charge in [0.1, 0.15) is 5.04 Å². The van der Waals surface area contributed by atoms with Gasteiger partial charge in [0.25, 0.3) is 0 Å². The van der Waals surface area contributed by atoms with Crippen LogP contribution in [0.25, 0.3) is 0 Å². The van der Waals surface area contributed by atoms with Crippen molar-refractivity contribution in [1.29, 1.82) is 0 Å². The first-order chi connectivity index (χ1) is 9.28. The number of hydrogen-bond acceptors (Lipinski definition) is 3. The monoisotopic (exact) mass is 274 g/mol. The van der Waals surface area contributed by atoms with Crippen LogP contribution >= 0.6 is 11.8 Å². The molecule has 0 bridgehead atoms. The average Bonchev–Trinajstić information content (AvgIpc) is 2.87. The van der Waals surface area contributed by atoms with Crippen LogP contribution < -0.4 is 5.43 Å². The molecule has 0 atom stereocenters. The van der Waals surface area contributed by atoms with E-state index in [1.807, 2.05) is 25.1 Å². The van der Waals surface area contributed by atoms with Gasteiger partial charge in [0, 0.05) is 6.42 Å². The molecule has 1 aliphatic heterocycles. The number of amides is 1. The largest absolute Gasteiger partial charge is 0.273 e. The Kier molecular flexibility index (Phi) is 5.15. The topological polar surface area (TPSA) is 55.9 Å². The van der Waals surface area contributed by atoms with Gasteiger partial charge >= 0.3 is 0 Å². The fraction of sp³-hybridized carbons (Fsp3) is 0.357. The molecule has 0 unspecified atom stereocenters. The SMILES string of the molecule is CCC1=N[N]C(=NC(=O)CCCc2ccccc2)S1. The Balaban J connectivity index is 1.72. The first-order valence-corrected chi connectivity index (χ1v) is 7.20. The molecule has 19 heavy (non-hydrogen) atoms. The number of aryl methyl sites for hydroxylation is 1. The first kappa shape index (κ1) is 13.8. The van der Waals surface area contributed by atoms with Crippen LogP contribution in [-0.2, 0) is 11.2 Å². The lowest BCUT2D eigenvalue weighted by Gasteiger charge is -1.99. The molecule has 0 saturated carbocycles. The maximum absolute atomic E-state index is 11.7. The van der Waals surface area contributed by atoms with E-state index in [-0.39, 0.29) is 5.91 Å². The van der Waals surface area contributed by atoms with Crippen LogP contribution in [0.5, 0.6) is 0 Å². The number of thioether (sulfide) groups is 1. The molecule has 1 radical (unpaired) electrons. The molecule has 99 valence electrons. The Morgan fingerprint density at radius 2 is 2.11 bits per heavy atom. The third kappa shape index (κ3) is 4.52. The maximum atomic E-state index is 11.7. The van der Waals surface area contributed by atoms with Gasteiger partial charge in [0.05, 0.1) is 0 Å². The second kappa shape index (κ2) is 7.09. The first-order valence-electron chi connectivity index (χ1n) is 6.39. The van der Waals surface area contributed by atoms with Crippen LogP contribution in [0.2, 0.25) is 0 Å². The lowest BCUT2D eigenvalue weighted by molar-refractivity contribution is -0.117. The minimum atomic E-state index is -0.116. The summed E-state index contributed by atoms with van der Waals surface area (Å²) < 4.78 is 0. The van der Waals surface area contributed by atoms with Crippen LogP contribution in [0, 0.1) is 0 Å². The molecule has 1 heterocycles. The van der Waals surface area contributed by atoms with Gasteiger partial charge in [-0.15, -0.1) is 10.5 Å². The fourth-order valence-corrected chi connectivity index (χ4v) is 2.35. The Hall–Kier alpha value is -1.62. The van der Waals surface area contributed by atoms with Gasteiger partial charge in [-0.05, 0) is 36.6 Å². The van der Waals surface area contributed by atoms with E-state index in [0.29, 0.717) is 11.6 Å². The minimum Gasteiger partial charge on any atom is -0.273 e. The molecule has 1 aliphatic rings. The highest BCUT2D eigenvalue weighted by Gasteiger charge is 2.15. The van der Waals surface area contributed by atoms with Crippen molar-refractivity contribution in [3.8, 4) is 0 Å². The predicted octanol–water partition coefficient (Wildman–Crippen LogP) is 2.97. The van der Waals surface area contributed by atoms with Crippen molar-refractivity contribution in [2.75, 3.05) is 0 Å². The molecule has 5 heteroatoms. The second-order valence-corrected chi connectivity index (χ2v) is 5.22. The van der Waals surface area contributed by atoms with Crippen molar-refractivity contribution >= 4 is 27.9 Å². The molecule has 2 rings (SSSR count). The van der Waals surface area contributed by atoms with E-state index < -0.39 is 0 Å². The standard InChI is InChI=1S/C14H16N3OS/c1-2-13-16-17-14(19-13)15-12(18)10-6-9-11-7-4-3-5-8-11/h3-5,7-8H,2,6,9-10H2,1H3. The number of rotatable bonds is 5. The van der Waals surface area contributed by atoms with E-state index in [1.165, 1.54) is 17.3 Å². The molecule has 4 nitrogen and oxygen atoms in total. The molecule has 0 aromatic heterocycles. The zero-order valence-electron chi connectivity index (χ0n) is 10.9. The number of carbonyl (C=O) groups excluding carboxylic acids is 1. The van der Waals surface area contributed by atoms with Gasteiger partial charge in [-0.2, -0.15) is 4.99 Å². The fourth-order valence-electron chi connectivity index (χ4n) is 1.68. The third-order valence-corrected chi connectivity index (χ3v) is 3.64. The minimum absolute atomic E-state index is 0.116. The Labute approximate surface area is 117 Å². The van der Waals surface area contributed by atoms with Crippen LogP contribution in [0.3, 0.4) is 0 Å². The summed E-state index contributed by atoms with van der Waals surface area (Å²) in [6.45, 7) is 2.01. The third-order valence-electron chi connectivity index (χ3n) is 2.68. The average molecular weight is 274 g/mol. The summed E-state index contributed by atoms with van der Waals surface area (Å²) in [6.07, 6.45) is 3.00. The van der Waals surface area contributed by atoms with Crippen molar-refractivity contribution in [3.05, 3.63) is 35.9 Å². The van der Waals surface area contributed by atoms with Crippen LogP contribution in [-0.4, -0.2) is 16.1 Å². The summed E-state index contributed by atoms with van der Waals surface area (Å²) in [6, 6.07) is 10.1. The smallest absolute Gasteiger partial charge is 0.248 e. The van der Waals surface area contributed by atoms with Crippen molar-refractivity contribution in [2.45, 2.75) is 32.6 Å². The maximum Gasteiger partial charge on any atom is 0.248 e. The molecule has 0 aliphatic carbocycles. The molecule has 1 aromatic rings. The molecule has 0 N–H and O–H groups in total. The molecule has 0 saturated heterocycles. The van der Waals surface area contributed by atoms with Gasteiger partial charge in [0.15, 0.2) is 0 Å². The summed E-state index contributed by atoms with van der Waals surface area (Å²) in [5, 5.41) is 5.32. The molecule has 0 fully saturated rings. The van der Waals surface area contributed by atoms with Crippen LogP contribution in [0.1, 0.15) is 31.7 Å². The van der Waals surface area contributed by atoms with Crippen molar-refractivity contribution < 1.29 is 4.79 Å². The lowest BCUT2D eigenvalue weighted by atomic mass is 10.1. The summed E-state index contributed by atoms with van der Waals surface area (Å²) in [4.78, 5) is 15.6. The molecule has 0 spiro atoms. The van der Waals surface area contributed by atoms with Gasteiger partial charge in [0.2, 0.25) is 11.1 Å². The highest BCUT2D eigenvalue weighted by atomic mass is 32.2. The summed E-state index contributed by atoms with van der Waals surface area (Å²) in [5.74, 6) is -0.116. The van der Waals surface area contributed by atoms with E-state index in [2.05, 4.69) is 27.7 Å². The van der Waals surface area contributed by atoms with Gasteiger partial charge in [-0.1, -0.05) is 37.3 Å². The van der Waals surface area contributed by atoms with E-state index in [1.54, 1.807) is 0 Å². The second-order valence-electron chi connectivity index (χ2n) is 4.18. The summed E-state index contributed by atoms with van der Waals surface area (Å²) in [7, 11) is 0. The number of nitrogens with zero attached hydrogens (tertiary/aromatic N) is 3. The summed E-state index contributed by atoms with van der Waals surface area (Å²) >= 11 is 1.38. The number of hydrogen-bond donors (Lipinski definition) is 0. The van der Waals surface area contributed by atoms with Gasteiger partial charge < -0.3 is 0 Å². The number of carbonyl (C=O) groups is 1. The highest BCUT2D eigenvalue weighted by Crippen LogP contribution is 2.16. The van der Waals surface area contributed by atoms with Crippen molar-refractivity contribution in [2.24, 2.45) is 10.1 Å². The summed E-state index contributed by atoms with van der Waals surface area (Å²) in [5.41, 5.74) is 5.12. The van der Waals surface area contributed by atoms with Crippen LogP contribution in [0.15, 0.2) is 40.4 Å². The molecular weight excluding hydrogens is 258 g/mol. The quantitative estimate of drug-likeness (QED) is 0.828. The van der Waals surface area contributed by atoms with Gasteiger partial charge in [-0.3, -0.25) is 4.79 Å². The molecular formula is C14H16N3OS. The van der Waals surface area contributed by atoms with Crippen LogP contribution in [0.4, 0.5) is 0 Å². The normalized spacial score (nSPS) is 16.3. The van der Waals surface area contributed by atoms with Crippen molar-refractivity contribution in [1.82, 2.24) is 5.43 Å². The Morgan fingerprint density at radius 3 is 2.79 bits per heavy atom. The number of benzene rings is 1. The highest BCUT2D eigenvalue weighted by molar-refractivity contribution is 8.26. The number of aliphatic imine (C=N–C) groups is 1. The molecule has 1 aromatic carbocycles. The zero-order chi connectivity index (χ0) is 13.5. The van der Waals surface area contributed by atoms with Gasteiger partial charge in [-0.25, -0.2) is 0 Å². The van der Waals surface area contributed by atoms with E-state index in [9.17, 15) is 4.79 Å². The predicted molar refractivity (Wildman–Crippen MR) is 79.3 cm³/mol. The van der Waals surface area contributed by atoms with Crippen molar-refractivity contribution in [3.63, 3.8) is 0 Å². The zero-order valence-corrected chi connectivity index (χ0v) is 11.7. The van der Waals surface area contributed by atoms with E-state index in [0.717, 1.165) is 24.3 Å².